The summed E-state index contributed by atoms with van der Waals surface area (Å²) in [4.78, 5) is 38.2. The molecule has 0 aromatic carbocycles. The molecule has 0 bridgehead atoms. The topological polar surface area (TPSA) is 78.9 Å². The minimum absolute atomic E-state index is 0.0996. The highest BCUT2D eigenvalue weighted by atomic mass is 16.6. The molecule has 0 aliphatic carbocycles. The lowest BCUT2D eigenvalue weighted by molar-refractivity contribution is -0.167. The quantitative estimate of drug-likeness (QED) is 0.0261. The van der Waals surface area contributed by atoms with Gasteiger partial charge in [0.15, 0.2) is 6.10 Å². The molecule has 0 aromatic rings. The van der Waals surface area contributed by atoms with Crippen molar-refractivity contribution < 1.29 is 28.6 Å². The number of ether oxygens (including phenoxy) is 3. The molecule has 0 amide bonds. The molecule has 0 radical (unpaired) electrons. The number of unbranched alkanes of at least 4 members (excludes halogenated alkanes) is 22. The third-order valence-electron chi connectivity index (χ3n) is 13.8. The molecular weight excluding hydrogens is 1010 g/mol. The van der Waals surface area contributed by atoms with E-state index in [0.29, 0.717) is 19.3 Å². The van der Waals surface area contributed by atoms with Crippen LogP contribution in [0.2, 0.25) is 0 Å². The maximum absolute atomic E-state index is 12.9. The van der Waals surface area contributed by atoms with Gasteiger partial charge in [0.05, 0.1) is 0 Å². The zero-order valence-corrected chi connectivity index (χ0v) is 52.9. The van der Waals surface area contributed by atoms with E-state index in [9.17, 15) is 14.4 Å². The zero-order chi connectivity index (χ0) is 59.2. The fourth-order valence-corrected chi connectivity index (χ4v) is 8.84. The summed E-state index contributed by atoms with van der Waals surface area (Å²) in [6, 6.07) is 0. The SMILES string of the molecule is CC/C=C\C/C=C\C/C=C\C/C=C\C/C=C\C/C=C\C/C=C\C/C=C\CCCCC(=O)OC(COC(=O)CCCCCCCCCC)COC(=O)CCCCCCCCCCCCCCC/C=C\C/C=C\C/C=C\C/C=C\C/C=C\CC. The van der Waals surface area contributed by atoms with Crippen molar-refractivity contribution in [2.24, 2.45) is 0 Å². The fourth-order valence-electron chi connectivity index (χ4n) is 8.84. The van der Waals surface area contributed by atoms with Crippen LogP contribution in [0.5, 0.6) is 0 Å². The smallest absolute Gasteiger partial charge is 0.306 e. The van der Waals surface area contributed by atoms with Crippen LogP contribution in [0, 0.1) is 0 Å². The van der Waals surface area contributed by atoms with Crippen molar-refractivity contribution in [3.63, 3.8) is 0 Å². The van der Waals surface area contributed by atoms with Crippen LogP contribution < -0.4 is 0 Å². The molecule has 0 aliphatic heterocycles. The lowest BCUT2D eigenvalue weighted by Gasteiger charge is -2.18. The highest BCUT2D eigenvalue weighted by Gasteiger charge is 2.19. The van der Waals surface area contributed by atoms with Gasteiger partial charge in [0.2, 0.25) is 0 Å². The van der Waals surface area contributed by atoms with Gasteiger partial charge < -0.3 is 14.2 Å². The minimum Gasteiger partial charge on any atom is -0.462 e. The van der Waals surface area contributed by atoms with Crippen LogP contribution in [0.1, 0.15) is 284 Å². The molecule has 0 saturated carbocycles. The first-order chi connectivity index (χ1) is 40.5. The number of hydrogen-bond donors (Lipinski definition) is 0. The highest BCUT2D eigenvalue weighted by Crippen LogP contribution is 2.15. The Labute approximate surface area is 505 Å². The molecule has 1 unspecified atom stereocenters. The molecular formula is C76H122O6. The summed E-state index contributed by atoms with van der Waals surface area (Å²) in [7, 11) is 0. The summed E-state index contributed by atoms with van der Waals surface area (Å²) < 4.78 is 16.8. The Morgan fingerprint density at radius 1 is 0.256 bits per heavy atom. The summed E-state index contributed by atoms with van der Waals surface area (Å²) in [5.41, 5.74) is 0. The largest absolute Gasteiger partial charge is 0.462 e. The molecule has 0 rings (SSSR count). The van der Waals surface area contributed by atoms with Gasteiger partial charge >= 0.3 is 17.9 Å². The van der Waals surface area contributed by atoms with Gasteiger partial charge in [-0.05, 0) is 128 Å². The number of hydrogen-bond acceptors (Lipinski definition) is 6. The molecule has 0 spiro atoms. The van der Waals surface area contributed by atoms with E-state index in [0.717, 1.165) is 135 Å². The molecule has 462 valence electrons. The predicted molar refractivity (Wildman–Crippen MR) is 357 cm³/mol. The van der Waals surface area contributed by atoms with Crippen molar-refractivity contribution in [2.45, 2.75) is 290 Å². The van der Waals surface area contributed by atoms with E-state index in [1.54, 1.807) is 0 Å². The summed E-state index contributed by atoms with van der Waals surface area (Å²) in [5, 5.41) is 0. The van der Waals surface area contributed by atoms with Crippen LogP contribution in [0.25, 0.3) is 0 Å². The van der Waals surface area contributed by atoms with Gasteiger partial charge in [0, 0.05) is 19.3 Å². The van der Waals surface area contributed by atoms with E-state index in [1.165, 1.54) is 103 Å². The molecule has 0 heterocycles. The third-order valence-corrected chi connectivity index (χ3v) is 13.8. The summed E-state index contributed by atoms with van der Waals surface area (Å²) in [6.07, 6.45) is 99.9. The molecule has 82 heavy (non-hydrogen) atoms. The number of carbonyl (C=O) groups is 3. The maximum atomic E-state index is 12.9. The van der Waals surface area contributed by atoms with E-state index in [-0.39, 0.29) is 37.5 Å². The minimum atomic E-state index is -0.807. The standard InChI is InChI=1S/C76H122O6/c1-4-7-10-13-16-19-21-23-25-27-29-31-33-35-37-38-40-41-43-45-47-49-51-53-55-57-60-63-66-69-75(78)81-72-73(71-80-74(77)68-65-62-59-18-15-12-9-6-3)82-76(79)70-67-64-61-58-56-54-52-50-48-46-44-42-39-36-34-32-30-28-26-24-22-20-17-14-11-8-5-2/h7-8,10-11,16-17,19-20,23-26,29-32,35-37,39,44,46,50,52,56,58,73H,4-6,9,12-15,18,21-22,27-28,33-34,38,40-43,45,47-49,51,53-55,57,59-72H2,1-3H3/b10-7-,11-8-,19-16-,20-17-,25-23-,26-24-,31-29-,32-30-,37-35-,39-36-,46-44-,52-50-,58-56-. The summed E-state index contributed by atoms with van der Waals surface area (Å²) in [6.45, 7) is 6.35. The molecule has 0 saturated heterocycles. The van der Waals surface area contributed by atoms with E-state index >= 15 is 0 Å². The first kappa shape index (κ1) is 77.0. The van der Waals surface area contributed by atoms with Gasteiger partial charge in [-0.1, -0.05) is 294 Å². The molecule has 0 aromatic heterocycles. The van der Waals surface area contributed by atoms with Gasteiger partial charge in [-0.2, -0.15) is 0 Å². The Morgan fingerprint density at radius 3 is 0.768 bits per heavy atom. The van der Waals surface area contributed by atoms with E-state index in [1.807, 2.05) is 0 Å². The van der Waals surface area contributed by atoms with Gasteiger partial charge in [0.1, 0.15) is 13.2 Å². The van der Waals surface area contributed by atoms with Crippen molar-refractivity contribution in [1.29, 1.82) is 0 Å². The Kier molecular flexibility index (Phi) is 64.4. The Hall–Kier alpha value is -4.97. The third kappa shape index (κ3) is 65.8. The fraction of sp³-hybridized carbons (Fsp3) is 0.618. The van der Waals surface area contributed by atoms with Gasteiger partial charge in [-0.15, -0.1) is 0 Å². The van der Waals surface area contributed by atoms with Crippen LogP contribution in [-0.4, -0.2) is 37.2 Å². The number of rotatable bonds is 59. The lowest BCUT2D eigenvalue weighted by atomic mass is 10.0. The number of carbonyl (C=O) groups excluding carboxylic acids is 3. The van der Waals surface area contributed by atoms with Crippen molar-refractivity contribution in [2.75, 3.05) is 13.2 Å². The second kappa shape index (κ2) is 68.5. The molecule has 0 aliphatic rings. The van der Waals surface area contributed by atoms with Crippen molar-refractivity contribution >= 4 is 17.9 Å². The van der Waals surface area contributed by atoms with Crippen LogP contribution in [-0.2, 0) is 28.6 Å². The van der Waals surface area contributed by atoms with E-state index in [4.69, 9.17) is 14.2 Å². The highest BCUT2D eigenvalue weighted by molar-refractivity contribution is 5.71. The Bertz CT molecular complexity index is 1830. The average Bonchev–Trinajstić information content (AvgIpc) is 3.48. The van der Waals surface area contributed by atoms with Gasteiger partial charge in [0.25, 0.3) is 0 Å². The lowest BCUT2D eigenvalue weighted by Crippen LogP contribution is -2.30. The van der Waals surface area contributed by atoms with Gasteiger partial charge in [-0.25, -0.2) is 0 Å². The first-order valence-electron chi connectivity index (χ1n) is 33.5. The van der Waals surface area contributed by atoms with E-state index in [2.05, 4.69) is 179 Å². The van der Waals surface area contributed by atoms with E-state index < -0.39 is 6.10 Å². The number of esters is 3. The summed E-state index contributed by atoms with van der Waals surface area (Å²) in [5.74, 6) is -0.950. The average molecular weight is 1130 g/mol. The second-order valence-corrected chi connectivity index (χ2v) is 21.6. The van der Waals surface area contributed by atoms with Crippen LogP contribution >= 0.6 is 0 Å². The van der Waals surface area contributed by atoms with Crippen LogP contribution in [0.15, 0.2) is 158 Å². The zero-order valence-electron chi connectivity index (χ0n) is 52.9. The van der Waals surface area contributed by atoms with Crippen molar-refractivity contribution in [3.05, 3.63) is 158 Å². The molecule has 1 atom stereocenters. The Morgan fingerprint density at radius 2 is 0.476 bits per heavy atom. The second-order valence-electron chi connectivity index (χ2n) is 21.6. The monoisotopic (exact) mass is 1130 g/mol. The maximum Gasteiger partial charge on any atom is 0.306 e. The van der Waals surface area contributed by atoms with Crippen LogP contribution in [0.3, 0.4) is 0 Å². The van der Waals surface area contributed by atoms with Gasteiger partial charge in [-0.3, -0.25) is 14.4 Å². The van der Waals surface area contributed by atoms with Crippen LogP contribution in [0.4, 0.5) is 0 Å². The first-order valence-corrected chi connectivity index (χ1v) is 33.5. The Balaban J connectivity index is 4.26. The molecule has 6 nitrogen and oxygen atoms in total. The summed E-state index contributed by atoms with van der Waals surface area (Å²) >= 11 is 0. The number of allylic oxidation sites excluding steroid dienone is 26. The predicted octanol–water partition coefficient (Wildman–Crippen LogP) is 23.3. The van der Waals surface area contributed by atoms with Crippen molar-refractivity contribution in [3.8, 4) is 0 Å². The molecule has 0 N–H and O–H groups in total. The molecule has 0 fully saturated rings. The molecule has 6 heteroatoms. The normalized spacial score (nSPS) is 13.2. The van der Waals surface area contributed by atoms with Crippen molar-refractivity contribution in [1.82, 2.24) is 0 Å².